The molecule has 0 bridgehead atoms. The average molecular weight is 420 g/mol. The molecule has 2 unspecified atom stereocenters. The van der Waals surface area contributed by atoms with E-state index in [1.807, 2.05) is 12.3 Å². The Morgan fingerprint density at radius 3 is 2.50 bits per heavy atom. The zero-order valence-corrected chi connectivity index (χ0v) is 17.9. The Morgan fingerprint density at radius 2 is 1.89 bits per heavy atom. The number of carbonyl (C=O) groups is 1. The number of amides is 1. The molecule has 28 heavy (non-hydrogen) atoms. The number of carbonyl (C=O) groups excluding carboxylic acids is 1. The number of hydrogen-bond acceptors (Lipinski definition) is 5. The van der Waals surface area contributed by atoms with Crippen molar-refractivity contribution in [1.82, 2.24) is 9.29 Å². The first-order valence-electron chi connectivity index (χ1n) is 9.21. The van der Waals surface area contributed by atoms with Crippen LogP contribution in [0, 0.1) is 11.8 Å². The van der Waals surface area contributed by atoms with Crippen LogP contribution in [0.25, 0.3) is 0 Å². The van der Waals surface area contributed by atoms with E-state index in [2.05, 4.69) is 24.1 Å². The fourth-order valence-corrected chi connectivity index (χ4v) is 5.62. The molecule has 1 N–H and O–H groups in total. The number of piperidine rings is 1. The molecule has 0 radical (unpaired) electrons. The first-order valence-corrected chi connectivity index (χ1v) is 11.9. The van der Waals surface area contributed by atoms with E-state index in [1.165, 1.54) is 22.1 Å². The summed E-state index contributed by atoms with van der Waals surface area (Å²) in [5, 5.41) is 3.62. The molecule has 1 saturated heterocycles. The first-order chi connectivity index (χ1) is 13.3. The van der Waals surface area contributed by atoms with Gasteiger partial charge in [0.05, 0.1) is 21.8 Å². The van der Waals surface area contributed by atoms with Crippen LogP contribution in [0.5, 0.6) is 0 Å². The molecule has 150 valence electrons. The molecular weight excluding hydrogens is 394 g/mol. The maximum Gasteiger partial charge on any atom is 0.255 e. The largest absolute Gasteiger partial charge is 0.321 e. The topological polar surface area (TPSA) is 79.4 Å². The standard InChI is InChI=1S/C20H25N3O3S2/c1-14-9-15(2)13-23(12-14)28(25,26)18-6-4-5-16(10-18)20(24)22-17-7-8-19(27-3)21-11-17/h4-8,10-11,14-15H,9,12-13H2,1-3H3,(H,22,24). The van der Waals surface area contributed by atoms with E-state index in [4.69, 9.17) is 0 Å². The number of benzene rings is 1. The summed E-state index contributed by atoms with van der Waals surface area (Å²) in [5.41, 5.74) is 0.864. The summed E-state index contributed by atoms with van der Waals surface area (Å²) in [7, 11) is -3.63. The average Bonchev–Trinajstić information content (AvgIpc) is 2.68. The summed E-state index contributed by atoms with van der Waals surface area (Å²) in [4.78, 5) is 16.9. The van der Waals surface area contributed by atoms with Gasteiger partial charge in [0.25, 0.3) is 5.91 Å². The molecule has 0 saturated carbocycles. The van der Waals surface area contributed by atoms with Crippen molar-refractivity contribution in [2.24, 2.45) is 11.8 Å². The molecule has 8 heteroatoms. The maximum absolute atomic E-state index is 13.1. The van der Waals surface area contributed by atoms with Gasteiger partial charge in [-0.15, -0.1) is 11.8 Å². The van der Waals surface area contributed by atoms with Crippen molar-refractivity contribution in [3.05, 3.63) is 48.2 Å². The fourth-order valence-electron chi connectivity index (χ4n) is 3.53. The molecule has 1 fully saturated rings. The molecule has 1 aromatic carbocycles. The van der Waals surface area contributed by atoms with E-state index in [1.54, 1.807) is 30.5 Å². The molecule has 1 aliphatic rings. The van der Waals surface area contributed by atoms with Gasteiger partial charge in [-0.2, -0.15) is 4.31 Å². The molecule has 1 aromatic heterocycles. The second-order valence-electron chi connectivity index (χ2n) is 7.34. The van der Waals surface area contributed by atoms with Crippen molar-refractivity contribution in [3.63, 3.8) is 0 Å². The van der Waals surface area contributed by atoms with Gasteiger partial charge < -0.3 is 5.32 Å². The van der Waals surface area contributed by atoms with Gasteiger partial charge >= 0.3 is 0 Å². The summed E-state index contributed by atoms with van der Waals surface area (Å²) in [5.74, 6) is 0.277. The number of sulfonamides is 1. The van der Waals surface area contributed by atoms with Crippen LogP contribution < -0.4 is 5.32 Å². The van der Waals surface area contributed by atoms with Crippen molar-refractivity contribution in [2.45, 2.75) is 30.2 Å². The van der Waals surface area contributed by atoms with Crippen LogP contribution in [-0.4, -0.2) is 43.0 Å². The van der Waals surface area contributed by atoms with Crippen molar-refractivity contribution in [2.75, 3.05) is 24.7 Å². The van der Waals surface area contributed by atoms with Crippen LogP contribution in [-0.2, 0) is 10.0 Å². The lowest BCUT2D eigenvalue weighted by Crippen LogP contribution is -2.42. The number of thioether (sulfide) groups is 1. The second-order valence-corrected chi connectivity index (χ2v) is 10.1. The molecule has 1 amide bonds. The van der Waals surface area contributed by atoms with E-state index in [0.29, 0.717) is 36.2 Å². The highest BCUT2D eigenvalue weighted by Gasteiger charge is 2.31. The molecule has 1 aliphatic heterocycles. The van der Waals surface area contributed by atoms with Crippen LogP contribution in [0.4, 0.5) is 5.69 Å². The van der Waals surface area contributed by atoms with Gasteiger partial charge in [0.15, 0.2) is 0 Å². The summed E-state index contributed by atoms with van der Waals surface area (Å²) in [6, 6.07) is 9.80. The molecule has 6 nitrogen and oxygen atoms in total. The van der Waals surface area contributed by atoms with Crippen LogP contribution >= 0.6 is 11.8 Å². The first kappa shape index (κ1) is 20.8. The van der Waals surface area contributed by atoms with Gasteiger partial charge in [0.1, 0.15) is 0 Å². The van der Waals surface area contributed by atoms with Crippen LogP contribution in [0.3, 0.4) is 0 Å². The smallest absolute Gasteiger partial charge is 0.255 e. The molecule has 2 atom stereocenters. The number of rotatable bonds is 5. The van der Waals surface area contributed by atoms with Crippen molar-refractivity contribution < 1.29 is 13.2 Å². The summed E-state index contributed by atoms with van der Waals surface area (Å²) in [6.45, 7) is 5.16. The Balaban J connectivity index is 1.79. The van der Waals surface area contributed by atoms with Gasteiger partial charge in [0, 0.05) is 18.7 Å². The predicted octanol–water partition coefficient (Wildman–Crippen LogP) is 3.72. The van der Waals surface area contributed by atoms with Gasteiger partial charge in [-0.1, -0.05) is 19.9 Å². The Hall–Kier alpha value is -1.90. The highest BCUT2D eigenvalue weighted by atomic mass is 32.2. The van der Waals surface area contributed by atoms with E-state index in [9.17, 15) is 13.2 Å². The minimum Gasteiger partial charge on any atom is -0.321 e. The monoisotopic (exact) mass is 419 g/mol. The van der Waals surface area contributed by atoms with Crippen LogP contribution in [0.15, 0.2) is 52.5 Å². The quantitative estimate of drug-likeness (QED) is 0.747. The third kappa shape index (κ3) is 4.74. The number of nitrogens with one attached hydrogen (secondary N) is 1. The molecule has 0 spiro atoms. The third-order valence-electron chi connectivity index (χ3n) is 4.77. The predicted molar refractivity (Wildman–Crippen MR) is 112 cm³/mol. The van der Waals surface area contributed by atoms with Gasteiger partial charge in [-0.25, -0.2) is 13.4 Å². The number of anilines is 1. The Kier molecular flexibility index (Phi) is 6.42. The van der Waals surface area contributed by atoms with Crippen molar-refractivity contribution in [1.29, 1.82) is 0 Å². The lowest BCUT2D eigenvalue weighted by atomic mass is 9.94. The minimum atomic E-state index is -3.63. The lowest BCUT2D eigenvalue weighted by molar-refractivity contribution is 0.102. The molecule has 3 rings (SSSR count). The third-order valence-corrected chi connectivity index (χ3v) is 7.26. The van der Waals surface area contributed by atoms with Gasteiger partial charge in [0.2, 0.25) is 10.0 Å². The number of pyridine rings is 1. The molecule has 2 aromatic rings. The van der Waals surface area contributed by atoms with Crippen molar-refractivity contribution in [3.8, 4) is 0 Å². The summed E-state index contributed by atoms with van der Waals surface area (Å²) < 4.78 is 27.7. The molecule has 2 heterocycles. The summed E-state index contributed by atoms with van der Waals surface area (Å²) in [6.07, 6.45) is 4.54. The molecular formula is C20H25N3O3S2. The van der Waals surface area contributed by atoms with E-state index in [0.717, 1.165) is 11.4 Å². The van der Waals surface area contributed by atoms with Crippen molar-refractivity contribution >= 4 is 33.4 Å². The Labute approximate surface area is 170 Å². The molecule has 0 aliphatic carbocycles. The fraction of sp³-hybridized carbons (Fsp3) is 0.400. The normalized spacial score (nSPS) is 20.7. The SMILES string of the molecule is CSc1ccc(NC(=O)c2cccc(S(=O)(=O)N3CC(C)CC(C)C3)c2)cn1. The maximum atomic E-state index is 13.1. The zero-order chi connectivity index (χ0) is 20.3. The minimum absolute atomic E-state index is 0.150. The van der Waals surface area contributed by atoms with Gasteiger partial charge in [-0.3, -0.25) is 4.79 Å². The number of nitrogens with zero attached hydrogens (tertiary/aromatic N) is 2. The summed E-state index contributed by atoms with van der Waals surface area (Å²) >= 11 is 1.52. The van der Waals surface area contributed by atoms with Crippen LogP contribution in [0.2, 0.25) is 0 Å². The zero-order valence-electron chi connectivity index (χ0n) is 16.3. The Morgan fingerprint density at radius 1 is 1.18 bits per heavy atom. The van der Waals surface area contributed by atoms with Gasteiger partial charge in [-0.05, 0) is 54.8 Å². The lowest BCUT2D eigenvalue weighted by Gasteiger charge is -2.34. The Bertz CT molecular complexity index is 935. The second kappa shape index (κ2) is 8.63. The highest BCUT2D eigenvalue weighted by molar-refractivity contribution is 7.98. The number of hydrogen-bond donors (Lipinski definition) is 1. The highest BCUT2D eigenvalue weighted by Crippen LogP contribution is 2.27. The number of aromatic nitrogens is 1. The van der Waals surface area contributed by atoms with E-state index in [-0.39, 0.29) is 10.8 Å². The van der Waals surface area contributed by atoms with E-state index >= 15 is 0 Å². The van der Waals surface area contributed by atoms with Crippen LogP contribution in [0.1, 0.15) is 30.6 Å². The van der Waals surface area contributed by atoms with E-state index < -0.39 is 10.0 Å².